The van der Waals surface area contributed by atoms with Gasteiger partial charge in [-0.15, -0.1) is 0 Å². The van der Waals surface area contributed by atoms with Crippen molar-refractivity contribution in [2.45, 2.75) is 33.8 Å². The molecule has 0 unspecified atom stereocenters. The second kappa shape index (κ2) is 8.57. The lowest BCUT2D eigenvalue weighted by Gasteiger charge is -2.18. The number of anilines is 1. The summed E-state index contributed by atoms with van der Waals surface area (Å²) in [6.45, 7) is 7.14. The Hall–Kier alpha value is -3.33. The van der Waals surface area contributed by atoms with Gasteiger partial charge in [0, 0.05) is 22.7 Å². The van der Waals surface area contributed by atoms with Gasteiger partial charge in [0.15, 0.2) is 17.6 Å². The van der Waals surface area contributed by atoms with Gasteiger partial charge in [0.2, 0.25) is 11.7 Å². The number of hydrogen-bond acceptors (Lipinski definition) is 5. The molecule has 2 rings (SSSR count). The van der Waals surface area contributed by atoms with Crippen molar-refractivity contribution in [3.05, 3.63) is 53.6 Å². The molecular formula is C22H24N2O4. The largest absolute Gasteiger partial charge is 0.493 e. The van der Waals surface area contributed by atoms with E-state index in [1.807, 2.05) is 26.8 Å². The highest BCUT2D eigenvalue weighted by atomic mass is 16.5. The molecule has 0 spiro atoms. The first-order chi connectivity index (χ1) is 13.2. The van der Waals surface area contributed by atoms with Crippen molar-refractivity contribution in [1.82, 2.24) is 0 Å². The number of rotatable bonds is 6. The number of carbonyl (C=O) groups excluding carboxylic acids is 2. The van der Waals surface area contributed by atoms with E-state index in [0.717, 1.165) is 0 Å². The third-order valence-electron chi connectivity index (χ3n) is 4.07. The number of nitrogens with zero attached hydrogens (tertiary/aromatic N) is 1. The molecule has 0 heterocycles. The van der Waals surface area contributed by atoms with Crippen molar-refractivity contribution in [3.8, 4) is 17.6 Å². The SMILES string of the molecule is COc1cc(C#N)ccc1O[C@H](C)C(=O)c1ccc(NC(=O)C(C)(C)C)cc1. The molecule has 2 aromatic rings. The monoisotopic (exact) mass is 380 g/mol. The quantitative estimate of drug-likeness (QED) is 0.759. The average molecular weight is 380 g/mol. The second-order valence-corrected chi connectivity index (χ2v) is 7.38. The topological polar surface area (TPSA) is 88.4 Å². The summed E-state index contributed by atoms with van der Waals surface area (Å²) in [6, 6.07) is 13.5. The molecule has 0 aliphatic rings. The lowest BCUT2D eigenvalue weighted by molar-refractivity contribution is -0.123. The van der Waals surface area contributed by atoms with Crippen LogP contribution in [0, 0.1) is 16.7 Å². The van der Waals surface area contributed by atoms with Crippen LogP contribution in [0.5, 0.6) is 11.5 Å². The summed E-state index contributed by atoms with van der Waals surface area (Å²) in [4.78, 5) is 24.7. The number of methoxy groups -OCH3 is 1. The number of nitriles is 1. The Morgan fingerprint density at radius 2 is 1.71 bits per heavy atom. The van der Waals surface area contributed by atoms with Gasteiger partial charge in [-0.3, -0.25) is 9.59 Å². The predicted octanol–water partition coefficient (Wildman–Crippen LogP) is 4.20. The van der Waals surface area contributed by atoms with E-state index in [2.05, 4.69) is 5.32 Å². The highest BCUT2D eigenvalue weighted by molar-refractivity contribution is 6.00. The van der Waals surface area contributed by atoms with Crippen LogP contribution < -0.4 is 14.8 Å². The van der Waals surface area contributed by atoms with E-state index in [-0.39, 0.29) is 11.7 Å². The fourth-order valence-corrected chi connectivity index (χ4v) is 2.35. The summed E-state index contributed by atoms with van der Waals surface area (Å²) in [5.41, 5.74) is 1.03. The molecule has 6 heteroatoms. The van der Waals surface area contributed by atoms with Crippen LogP contribution in [0.2, 0.25) is 0 Å². The molecular weight excluding hydrogens is 356 g/mol. The number of nitrogens with one attached hydrogen (secondary N) is 1. The van der Waals surface area contributed by atoms with Crippen LogP contribution >= 0.6 is 0 Å². The molecule has 2 aromatic carbocycles. The Bertz CT molecular complexity index is 906. The number of ketones is 1. The normalized spacial score (nSPS) is 11.9. The van der Waals surface area contributed by atoms with Gasteiger partial charge < -0.3 is 14.8 Å². The highest BCUT2D eigenvalue weighted by Gasteiger charge is 2.22. The number of hydrogen-bond donors (Lipinski definition) is 1. The molecule has 1 amide bonds. The van der Waals surface area contributed by atoms with Gasteiger partial charge in [0.25, 0.3) is 0 Å². The molecule has 1 atom stereocenters. The third kappa shape index (κ3) is 5.10. The minimum atomic E-state index is -0.753. The summed E-state index contributed by atoms with van der Waals surface area (Å²) >= 11 is 0. The van der Waals surface area contributed by atoms with Crippen LogP contribution in [0.1, 0.15) is 43.6 Å². The molecule has 0 saturated heterocycles. The average Bonchev–Trinajstić information content (AvgIpc) is 2.67. The molecule has 146 valence electrons. The van der Waals surface area contributed by atoms with Crippen LogP contribution in [0.15, 0.2) is 42.5 Å². The van der Waals surface area contributed by atoms with Gasteiger partial charge in [-0.1, -0.05) is 20.8 Å². The number of carbonyl (C=O) groups is 2. The van der Waals surface area contributed by atoms with Gasteiger partial charge in [0.1, 0.15) is 0 Å². The van der Waals surface area contributed by atoms with E-state index >= 15 is 0 Å². The fraction of sp³-hybridized carbons (Fsp3) is 0.318. The van der Waals surface area contributed by atoms with Gasteiger partial charge in [0.05, 0.1) is 18.7 Å². The molecule has 0 fully saturated rings. The van der Waals surface area contributed by atoms with Crippen LogP contribution in [0.25, 0.3) is 0 Å². The van der Waals surface area contributed by atoms with E-state index in [9.17, 15) is 9.59 Å². The molecule has 28 heavy (non-hydrogen) atoms. The van der Waals surface area contributed by atoms with Crippen LogP contribution in [0.3, 0.4) is 0 Å². The van der Waals surface area contributed by atoms with Crippen molar-refractivity contribution in [2.24, 2.45) is 5.41 Å². The third-order valence-corrected chi connectivity index (χ3v) is 4.07. The Kier molecular flexibility index (Phi) is 6.42. The Morgan fingerprint density at radius 1 is 1.07 bits per heavy atom. The molecule has 0 radical (unpaired) electrons. The zero-order valence-electron chi connectivity index (χ0n) is 16.7. The summed E-state index contributed by atoms with van der Waals surface area (Å²) in [5.74, 6) is 0.464. The van der Waals surface area contributed by atoms with Crippen molar-refractivity contribution < 1.29 is 19.1 Å². The molecule has 0 saturated carbocycles. The molecule has 0 bridgehead atoms. The highest BCUT2D eigenvalue weighted by Crippen LogP contribution is 2.29. The van der Waals surface area contributed by atoms with Crippen LogP contribution in [0.4, 0.5) is 5.69 Å². The van der Waals surface area contributed by atoms with Gasteiger partial charge in [-0.05, 0) is 43.3 Å². The van der Waals surface area contributed by atoms with E-state index in [1.54, 1.807) is 49.4 Å². The van der Waals surface area contributed by atoms with E-state index in [0.29, 0.717) is 28.3 Å². The Morgan fingerprint density at radius 3 is 2.25 bits per heavy atom. The minimum absolute atomic E-state index is 0.101. The van der Waals surface area contributed by atoms with Crippen molar-refractivity contribution >= 4 is 17.4 Å². The van der Waals surface area contributed by atoms with E-state index in [4.69, 9.17) is 14.7 Å². The van der Waals surface area contributed by atoms with Crippen molar-refractivity contribution in [2.75, 3.05) is 12.4 Å². The summed E-state index contributed by atoms with van der Waals surface area (Å²) in [5, 5.41) is 11.8. The standard InChI is InChI=1S/C22H24N2O4/c1-14(28-18-11-6-15(13-23)12-19(18)27-5)20(25)16-7-9-17(10-8-16)24-21(26)22(2,3)4/h6-12,14H,1-5H3,(H,24,26)/t14-/m1/s1. The van der Waals surface area contributed by atoms with Gasteiger partial charge in [-0.25, -0.2) is 0 Å². The maximum atomic E-state index is 12.7. The van der Waals surface area contributed by atoms with E-state index < -0.39 is 11.5 Å². The first-order valence-electron chi connectivity index (χ1n) is 8.86. The number of Topliss-reactive ketones (excluding diaryl/α,β-unsaturated/α-hetero) is 1. The maximum absolute atomic E-state index is 12.7. The molecule has 6 nitrogen and oxygen atoms in total. The summed E-state index contributed by atoms with van der Waals surface area (Å²) in [7, 11) is 1.47. The minimum Gasteiger partial charge on any atom is -0.493 e. The zero-order valence-corrected chi connectivity index (χ0v) is 16.7. The predicted molar refractivity (Wildman–Crippen MR) is 107 cm³/mol. The fourth-order valence-electron chi connectivity index (χ4n) is 2.35. The number of ether oxygens (including phenoxy) is 2. The van der Waals surface area contributed by atoms with Crippen molar-refractivity contribution in [1.29, 1.82) is 5.26 Å². The zero-order chi connectivity index (χ0) is 20.9. The molecule has 0 aromatic heterocycles. The molecule has 0 aliphatic heterocycles. The number of amides is 1. The maximum Gasteiger partial charge on any atom is 0.229 e. The second-order valence-electron chi connectivity index (χ2n) is 7.38. The Labute approximate surface area is 165 Å². The number of benzene rings is 2. The molecule has 1 N–H and O–H groups in total. The van der Waals surface area contributed by atoms with Crippen molar-refractivity contribution in [3.63, 3.8) is 0 Å². The van der Waals surface area contributed by atoms with Crippen LogP contribution in [-0.4, -0.2) is 24.9 Å². The molecule has 0 aliphatic carbocycles. The Balaban J connectivity index is 2.09. The lowest BCUT2D eigenvalue weighted by atomic mass is 9.95. The smallest absolute Gasteiger partial charge is 0.229 e. The van der Waals surface area contributed by atoms with Crippen LogP contribution in [-0.2, 0) is 4.79 Å². The van der Waals surface area contributed by atoms with Gasteiger partial charge >= 0.3 is 0 Å². The summed E-state index contributed by atoms with van der Waals surface area (Å²) in [6.07, 6.45) is -0.753. The van der Waals surface area contributed by atoms with E-state index in [1.165, 1.54) is 7.11 Å². The first kappa shape index (κ1) is 21.0. The lowest BCUT2D eigenvalue weighted by Crippen LogP contribution is -2.27. The van der Waals surface area contributed by atoms with Gasteiger partial charge in [-0.2, -0.15) is 5.26 Å². The summed E-state index contributed by atoms with van der Waals surface area (Å²) < 4.78 is 11.0. The first-order valence-corrected chi connectivity index (χ1v) is 8.86.